The first-order chi connectivity index (χ1) is 26.1. The Morgan fingerprint density at radius 3 is 2.08 bits per heavy atom. The highest BCUT2D eigenvalue weighted by atomic mass is 16.5. The minimum absolute atomic E-state index is 0.0202. The number of anilines is 1. The number of hydrogen-bond acceptors (Lipinski definition) is 3. The Morgan fingerprint density at radius 2 is 1.30 bits per heavy atom. The van der Waals surface area contributed by atoms with Gasteiger partial charge in [0.1, 0.15) is 6.61 Å². The summed E-state index contributed by atoms with van der Waals surface area (Å²) in [5, 5.41) is 13.6. The molecule has 0 bridgehead atoms. The molecule has 254 valence electrons. The molecular weight excluding hydrogens is 653 g/mol. The molecule has 2 aromatic heterocycles. The lowest BCUT2D eigenvalue weighted by Gasteiger charge is -2.14. The number of aromatic nitrogens is 2. The zero-order valence-electron chi connectivity index (χ0n) is 28.8. The number of fused-ring (bicyclic) bond motifs is 6. The number of amidine groups is 1. The number of aliphatic imine (C=N–C) groups is 2. The second-order valence-electron chi connectivity index (χ2n) is 12.9. The molecule has 0 saturated heterocycles. The average molecular weight is 687 g/mol. The smallest absolute Gasteiger partial charge is 0.229 e. The Kier molecular flexibility index (Phi) is 7.86. The summed E-state index contributed by atoms with van der Waals surface area (Å²) >= 11 is 0. The molecule has 53 heavy (non-hydrogen) atoms. The molecule has 0 aliphatic heterocycles. The highest BCUT2D eigenvalue weighted by molar-refractivity contribution is 6.22. The van der Waals surface area contributed by atoms with Gasteiger partial charge >= 0.3 is 0 Å². The lowest BCUT2D eigenvalue weighted by atomic mass is 9.99. The summed E-state index contributed by atoms with van der Waals surface area (Å²) in [6, 6.07) is 55.1. The van der Waals surface area contributed by atoms with Gasteiger partial charge in [0.05, 0.1) is 38.8 Å². The van der Waals surface area contributed by atoms with Crippen LogP contribution in [0.15, 0.2) is 174 Å². The van der Waals surface area contributed by atoms with Crippen LogP contribution in [0, 0.1) is 5.41 Å². The Morgan fingerprint density at radius 1 is 0.642 bits per heavy atom. The van der Waals surface area contributed by atoms with Crippen molar-refractivity contribution in [2.75, 3.05) is 5.73 Å². The highest BCUT2D eigenvalue weighted by Gasteiger charge is 2.25. The third-order valence-corrected chi connectivity index (χ3v) is 9.77. The first-order valence-electron chi connectivity index (χ1n) is 17.4. The molecule has 0 atom stereocenters. The minimum Gasteiger partial charge on any atom is -0.486 e. The topological polar surface area (TPSA) is 93.7 Å². The van der Waals surface area contributed by atoms with Gasteiger partial charge in [-0.1, -0.05) is 133 Å². The molecule has 9 aromatic rings. The number of nitrogen functional groups attached to an aromatic ring is 1. The number of para-hydroxylation sites is 2. The van der Waals surface area contributed by atoms with Crippen LogP contribution in [0.2, 0.25) is 0 Å². The van der Waals surface area contributed by atoms with Crippen molar-refractivity contribution in [3.63, 3.8) is 0 Å². The van der Waals surface area contributed by atoms with Gasteiger partial charge in [-0.2, -0.15) is 4.99 Å². The predicted octanol–water partition coefficient (Wildman–Crippen LogP) is 10.7. The van der Waals surface area contributed by atoms with Gasteiger partial charge in [-0.25, -0.2) is 4.99 Å². The predicted molar refractivity (Wildman–Crippen MR) is 220 cm³/mol. The van der Waals surface area contributed by atoms with Gasteiger partial charge in [-0.3, -0.25) is 9.98 Å². The monoisotopic (exact) mass is 686 g/mol. The fraction of sp³-hybridized carbons (Fsp3) is 0.0217. The van der Waals surface area contributed by atoms with E-state index in [0.29, 0.717) is 23.9 Å². The van der Waals surface area contributed by atoms with E-state index in [4.69, 9.17) is 15.5 Å². The van der Waals surface area contributed by atoms with Crippen LogP contribution >= 0.6 is 0 Å². The van der Waals surface area contributed by atoms with E-state index in [1.165, 1.54) is 0 Å². The van der Waals surface area contributed by atoms with Crippen molar-refractivity contribution in [2.24, 2.45) is 9.98 Å². The molecule has 0 aliphatic rings. The molecule has 3 N–H and O–H groups in total. The molecule has 0 unspecified atom stereocenters. The van der Waals surface area contributed by atoms with Crippen LogP contribution in [-0.2, 0) is 6.61 Å². The van der Waals surface area contributed by atoms with Gasteiger partial charge in [0.15, 0.2) is 11.6 Å². The minimum atomic E-state index is -0.0202. The van der Waals surface area contributed by atoms with Gasteiger partial charge in [-0.15, -0.1) is 0 Å². The number of nitrogens with zero attached hydrogens (tertiary/aromatic N) is 4. The number of nitrogens with one attached hydrogen (secondary N) is 1. The van der Waals surface area contributed by atoms with Crippen LogP contribution in [0.25, 0.3) is 60.4 Å². The molecule has 0 aliphatic carbocycles. The van der Waals surface area contributed by atoms with Crippen molar-refractivity contribution < 1.29 is 4.74 Å². The zero-order valence-corrected chi connectivity index (χ0v) is 28.8. The van der Waals surface area contributed by atoms with Crippen molar-refractivity contribution in [2.45, 2.75) is 6.61 Å². The van der Waals surface area contributed by atoms with Gasteiger partial charge in [0.25, 0.3) is 0 Å². The highest BCUT2D eigenvalue weighted by Crippen LogP contribution is 2.44. The average Bonchev–Trinajstić information content (AvgIpc) is 3.74. The van der Waals surface area contributed by atoms with E-state index in [1.807, 2.05) is 83.4 Å². The molecule has 7 heteroatoms. The van der Waals surface area contributed by atoms with E-state index >= 15 is 0 Å². The van der Waals surface area contributed by atoms with Crippen molar-refractivity contribution >= 4 is 67.8 Å². The maximum absolute atomic E-state index is 9.66. The summed E-state index contributed by atoms with van der Waals surface area (Å²) in [7, 11) is 0. The SMILES string of the molecule is C=N/C(=N\C(=N)n1c2ccc(N)c(OCc3ccccc3)c2c2cccc(-n3c4ccccc4c4c(-c5ccccc5)cccc43)c21)c1ccccc1. The van der Waals surface area contributed by atoms with Gasteiger partial charge < -0.3 is 15.0 Å². The van der Waals surface area contributed by atoms with Crippen molar-refractivity contribution in [3.05, 3.63) is 175 Å². The van der Waals surface area contributed by atoms with E-state index in [-0.39, 0.29) is 5.96 Å². The summed E-state index contributed by atoms with van der Waals surface area (Å²) in [6.45, 7) is 4.14. The Labute approximate surface area is 306 Å². The fourth-order valence-corrected chi connectivity index (χ4v) is 7.48. The number of hydrogen-bond donors (Lipinski definition) is 2. The molecule has 0 amide bonds. The van der Waals surface area contributed by atoms with Gasteiger partial charge in [0, 0.05) is 21.7 Å². The molecule has 9 rings (SSSR count). The summed E-state index contributed by atoms with van der Waals surface area (Å²) in [4.78, 5) is 9.06. The second kappa shape index (κ2) is 13.1. The molecule has 7 aromatic carbocycles. The Balaban J connectivity index is 1.37. The van der Waals surface area contributed by atoms with Crippen LogP contribution < -0.4 is 10.5 Å². The second-order valence-corrected chi connectivity index (χ2v) is 12.9. The number of rotatable bonds is 6. The van der Waals surface area contributed by atoms with E-state index in [2.05, 4.69) is 101 Å². The van der Waals surface area contributed by atoms with Crippen molar-refractivity contribution in [3.8, 4) is 22.6 Å². The van der Waals surface area contributed by atoms with Crippen LogP contribution in [0.5, 0.6) is 5.75 Å². The quantitative estimate of drug-likeness (QED) is 0.103. The number of benzene rings is 7. The Bertz CT molecular complexity index is 2870. The van der Waals surface area contributed by atoms with E-state index in [9.17, 15) is 5.41 Å². The van der Waals surface area contributed by atoms with E-state index in [1.54, 1.807) is 0 Å². The van der Waals surface area contributed by atoms with Gasteiger partial charge in [0.2, 0.25) is 5.96 Å². The van der Waals surface area contributed by atoms with Crippen LogP contribution in [0.1, 0.15) is 11.1 Å². The largest absolute Gasteiger partial charge is 0.486 e. The Hall–Kier alpha value is -7.25. The van der Waals surface area contributed by atoms with Crippen LogP contribution in [-0.4, -0.2) is 27.6 Å². The molecule has 2 heterocycles. The summed E-state index contributed by atoms with van der Waals surface area (Å²) in [5.74, 6) is 0.888. The van der Waals surface area contributed by atoms with Gasteiger partial charge in [-0.05, 0) is 53.7 Å². The maximum Gasteiger partial charge on any atom is 0.229 e. The van der Waals surface area contributed by atoms with E-state index in [0.717, 1.165) is 71.6 Å². The lowest BCUT2D eigenvalue weighted by Crippen LogP contribution is -2.12. The molecule has 0 spiro atoms. The normalized spacial score (nSPS) is 11.8. The maximum atomic E-state index is 9.66. The van der Waals surface area contributed by atoms with E-state index < -0.39 is 0 Å². The van der Waals surface area contributed by atoms with Crippen LogP contribution in [0.4, 0.5) is 5.69 Å². The first kappa shape index (κ1) is 31.7. The standard InChI is InChI=1S/C46H34N6O/c1-49-45(32-19-9-4-10-20-32)50-46(48)52-39-28-27-36(47)44(53-29-30-15-5-2-6-16-30)42(39)35-23-14-26-40(43(35)52)51-37-24-12-11-21-34(37)41-33(22-13-25-38(41)51)31-17-7-3-8-18-31/h2-28,48H,1,29,47H2/b48-46?,50-45-. The van der Waals surface area contributed by atoms with Crippen molar-refractivity contribution in [1.82, 2.24) is 9.13 Å². The summed E-state index contributed by atoms with van der Waals surface area (Å²) < 4.78 is 10.7. The lowest BCUT2D eigenvalue weighted by molar-refractivity contribution is 0.312. The molecule has 0 fully saturated rings. The molecule has 0 radical (unpaired) electrons. The zero-order chi connectivity index (χ0) is 35.9. The summed E-state index contributed by atoms with van der Waals surface area (Å²) in [6.07, 6.45) is 0. The fourth-order valence-electron chi connectivity index (χ4n) is 7.48. The number of nitrogens with two attached hydrogens (primary N) is 1. The summed E-state index contributed by atoms with van der Waals surface area (Å²) in [5.41, 5.74) is 15.8. The van der Waals surface area contributed by atoms with Crippen molar-refractivity contribution in [1.29, 1.82) is 5.41 Å². The third kappa shape index (κ3) is 5.34. The molecular formula is C46H34N6O. The molecule has 7 nitrogen and oxygen atoms in total. The van der Waals surface area contributed by atoms with Crippen LogP contribution in [0.3, 0.4) is 0 Å². The molecule has 0 saturated carbocycles. The first-order valence-corrected chi connectivity index (χ1v) is 17.4. The third-order valence-electron chi connectivity index (χ3n) is 9.77. The number of ether oxygens (including phenoxy) is 1.